The highest BCUT2D eigenvalue weighted by Crippen LogP contribution is 2.35. The van der Waals surface area contributed by atoms with E-state index in [1.165, 1.54) is 33.5 Å². The van der Waals surface area contributed by atoms with Crippen molar-refractivity contribution in [2.24, 2.45) is 7.05 Å². The topological polar surface area (TPSA) is 76.5 Å². The summed E-state index contributed by atoms with van der Waals surface area (Å²) in [5.74, 6) is 1.96. The third-order valence-corrected chi connectivity index (χ3v) is 7.89. The molecular formula is C22H19N5OS3. The fraction of sp³-hybridized carbons (Fsp3) is 0.182. The normalized spacial score (nSPS) is 11.5. The van der Waals surface area contributed by atoms with Gasteiger partial charge in [0, 0.05) is 33.3 Å². The number of aromatic nitrogens is 5. The van der Waals surface area contributed by atoms with E-state index in [4.69, 9.17) is 4.98 Å². The molecule has 31 heavy (non-hydrogen) atoms. The summed E-state index contributed by atoms with van der Waals surface area (Å²) in [6.45, 7) is 4.13. The van der Waals surface area contributed by atoms with Gasteiger partial charge in [0.1, 0.15) is 10.7 Å². The van der Waals surface area contributed by atoms with Crippen LogP contribution in [0.5, 0.6) is 0 Å². The Kier molecular flexibility index (Phi) is 5.25. The first-order valence-electron chi connectivity index (χ1n) is 9.66. The zero-order chi connectivity index (χ0) is 21.5. The third kappa shape index (κ3) is 3.84. The van der Waals surface area contributed by atoms with Crippen LogP contribution in [0.25, 0.3) is 32.0 Å². The summed E-state index contributed by atoms with van der Waals surface area (Å²) >= 11 is 4.70. The molecule has 5 aromatic rings. The highest BCUT2D eigenvalue weighted by molar-refractivity contribution is 7.98. The molecule has 0 aliphatic carbocycles. The Morgan fingerprint density at radius 3 is 2.81 bits per heavy atom. The maximum atomic E-state index is 12.8. The smallest absolute Gasteiger partial charge is 0.260 e. The molecule has 0 aliphatic heterocycles. The number of hydrogen-bond acceptors (Lipinski definition) is 7. The van der Waals surface area contributed by atoms with E-state index in [9.17, 15) is 4.79 Å². The standard InChI is InChI=1S/C22H19N5OS3/c1-12-5-4-6-14(9-12)19-25-26-22(27(19)3)30-11-17-23-20(28)18-15(10-29-21(18)24-17)16-8-7-13(2)31-16/h4-10H,11H2,1-3H3,(H,23,24,28). The van der Waals surface area contributed by atoms with Crippen LogP contribution in [0, 0.1) is 13.8 Å². The summed E-state index contributed by atoms with van der Waals surface area (Å²) in [5.41, 5.74) is 3.08. The van der Waals surface area contributed by atoms with Gasteiger partial charge in [-0.1, -0.05) is 35.5 Å². The Bertz CT molecular complexity index is 1460. The summed E-state index contributed by atoms with van der Waals surface area (Å²) in [6.07, 6.45) is 0. The first kappa shape index (κ1) is 20.2. The molecule has 0 radical (unpaired) electrons. The van der Waals surface area contributed by atoms with Gasteiger partial charge in [0.15, 0.2) is 11.0 Å². The number of thiophene rings is 2. The quantitative estimate of drug-likeness (QED) is 0.351. The van der Waals surface area contributed by atoms with Gasteiger partial charge in [0.25, 0.3) is 5.56 Å². The highest BCUT2D eigenvalue weighted by atomic mass is 32.2. The molecule has 0 fully saturated rings. The van der Waals surface area contributed by atoms with Crippen molar-refractivity contribution < 1.29 is 0 Å². The summed E-state index contributed by atoms with van der Waals surface area (Å²) in [5, 5.41) is 12.1. The number of nitrogens with one attached hydrogen (secondary N) is 1. The minimum atomic E-state index is -0.0960. The van der Waals surface area contributed by atoms with E-state index >= 15 is 0 Å². The fourth-order valence-electron chi connectivity index (χ4n) is 3.43. The third-order valence-electron chi connectivity index (χ3n) is 4.95. The number of rotatable bonds is 5. The zero-order valence-corrected chi connectivity index (χ0v) is 19.6. The summed E-state index contributed by atoms with van der Waals surface area (Å²) < 4.78 is 1.97. The zero-order valence-electron chi connectivity index (χ0n) is 17.2. The van der Waals surface area contributed by atoms with Gasteiger partial charge in [-0.25, -0.2) is 4.98 Å². The van der Waals surface area contributed by atoms with Crippen molar-refractivity contribution in [3.8, 4) is 21.8 Å². The highest BCUT2D eigenvalue weighted by Gasteiger charge is 2.16. The van der Waals surface area contributed by atoms with Crippen LogP contribution in [0.3, 0.4) is 0 Å². The van der Waals surface area contributed by atoms with Crippen LogP contribution in [-0.2, 0) is 12.8 Å². The minimum Gasteiger partial charge on any atom is -0.309 e. The molecular weight excluding hydrogens is 446 g/mol. The number of hydrogen-bond donors (Lipinski definition) is 1. The first-order valence-corrected chi connectivity index (χ1v) is 12.3. The molecule has 156 valence electrons. The lowest BCUT2D eigenvalue weighted by atomic mass is 10.1. The molecule has 4 heterocycles. The molecule has 0 aliphatic rings. The molecule has 9 heteroatoms. The van der Waals surface area contributed by atoms with E-state index in [1.54, 1.807) is 11.3 Å². The van der Waals surface area contributed by atoms with Crippen LogP contribution in [-0.4, -0.2) is 24.7 Å². The van der Waals surface area contributed by atoms with E-state index in [2.05, 4.69) is 53.3 Å². The Labute approximate surface area is 191 Å². The maximum absolute atomic E-state index is 12.8. The fourth-order valence-corrected chi connectivity index (χ4v) is 6.14. The molecule has 0 spiro atoms. The second-order valence-corrected chi connectivity index (χ2v) is 10.4. The first-order chi connectivity index (χ1) is 15.0. The van der Waals surface area contributed by atoms with Gasteiger partial charge in [0.05, 0.1) is 11.1 Å². The van der Waals surface area contributed by atoms with E-state index < -0.39 is 0 Å². The van der Waals surface area contributed by atoms with Crippen LogP contribution in [0.15, 0.2) is 51.7 Å². The summed E-state index contributed by atoms with van der Waals surface area (Å²) in [4.78, 5) is 23.6. The molecule has 0 amide bonds. The Hall–Kier alpha value is -2.75. The number of thioether (sulfide) groups is 1. The van der Waals surface area contributed by atoms with Gasteiger partial charge in [-0.15, -0.1) is 32.9 Å². The van der Waals surface area contributed by atoms with Crippen molar-refractivity contribution in [2.75, 3.05) is 0 Å². The van der Waals surface area contributed by atoms with Crippen molar-refractivity contribution in [2.45, 2.75) is 24.8 Å². The predicted molar refractivity (Wildman–Crippen MR) is 129 cm³/mol. The van der Waals surface area contributed by atoms with Crippen LogP contribution in [0.4, 0.5) is 0 Å². The van der Waals surface area contributed by atoms with Crippen LogP contribution in [0.1, 0.15) is 16.3 Å². The van der Waals surface area contributed by atoms with Crippen LogP contribution >= 0.6 is 34.4 Å². The van der Waals surface area contributed by atoms with Gasteiger partial charge < -0.3 is 9.55 Å². The van der Waals surface area contributed by atoms with Crippen molar-refractivity contribution in [1.29, 1.82) is 0 Å². The average molecular weight is 466 g/mol. The van der Waals surface area contributed by atoms with Crippen LogP contribution < -0.4 is 5.56 Å². The molecule has 0 saturated heterocycles. The average Bonchev–Trinajstić information content (AvgIpc) is 3.45. The molecule has 6 nitrogen and oxygen atoms in total. The molecule has 1 aromatic carbocycles. The molecule has 0 bridgehead atoms. The number of aromatic amines is 1. The number of aryl methyl sites for hydroxylation is 2. The predicted octanol–water partition coefficient (Wildman–Crippen LogP) is 5.42. The lowest BCUT2D eigenvalue weighted by molar-refractivity contribution is 0.793. The Morgan fingerprint density at radius 1 is 1.16 bits per heavy atom. The van der Waals surface area contributed by atoms with Gasteiger partial charge in [-0.3, -0.25) is 4.79 Å². The van der Waals surface area contributed by atoms with Crippen LogP contribution in [0.2, 0.25) is 0 Å². The number of H-pyrrole nitrogens is 1. The lowest BCUT2D eigenvalue weighted by Gasteiger charge is -2.05. The van der Waals surface area contributed by atoms with Crippen molar-refractivity contribution in [3.05, 3.63) is 68.4 Å². The number of nitrogens with zero attached hydrogens (tertiary/aromatic N) is 4. The number of benzene rings is 1. The molecule has 0 atom stereocenters. The summed E-state index contributed by atoms with van der Waals surface area (Å²) in [7, 11) is 1.95. The largest absolute Gasteiger partial charge is 0.309 e. The molecule has 1 N–H and O–H groups in total. The van der Waals surface area contributed by atoms with E-state index in [-0.39, 0.29) is 5.56 Å². The van der Waals surface area contributed by atoms with Gasteiger partial charge >= 0.3 is 0 Å². The minimum absolute atomic E-state index is 0.0960. The molecule has 0 unspecified atom stereocenters. The van der Waals surface area contributed by atoms with E-state index in [0.29, 0.717) is 17.0 Å². The van der Waals surface area contributed by atoms with Crippen molar-refractivity contribution in [3.63, 3.8) is 0 Å². The maximum Gasteiger partial charge on any atom is 0.260 e. The van der Waals surface area contributed by atoms with E-state index in [1.807, 2.05) is 29.1 Å². The Morgan fingerprint density at radius 2 is 2.03 bits per heavy atom. The van der Waals surface area contributed by atoms with E-state index in [0.717, 1.165) is 31.8 Å². The lowest BCUT2D eigenvalue weighted by Crippen LogP contribution is -2.10. The second-order valence-electron chi connectivity index (χ2n) is 7.28. The number of fused-ring (bicyclic) bond motifs is 1. The molecule has 4 aromatic heterocycles. The van der Waals surface area contributed by atoms with Crippen molar-refractivity contribution >= 4 is 44.7 Å². The SMILES string of the molecule is Cc1cccc(-c2nnc(SCc3nc4scc(-c5ccc(C)s5)c4c(=O)[nH]3)n2C)c1. The second kappa shape index (κ2) is 8.07. The van der Waals surface area contributed by atoms with Gasteiger partial charge in [0.2, 0.25) is 0 Å². The monoisotopic (exact) mass is 465 g/mol. The van der Waals surface area contributed by atoms with Gasteiger partial charge in [-0.2, -0.15) is 0 Å². The Balaban J connectivity index is 1.40. The van der Waals surface area contributed by atoms with Crippen molar-refractivity contribution in [1.82, 2.24) is 24.7 Å². The molecule has 5 rings (SSSR count). The summed E-state index contributed by atoms with van der Waals surface area (Å²) in [6, 6.07) is 12.3. The molecule has 0 saturated carbocycles. The van der Waals surface area contributed by atoms with Gasteiger partial charge in [-0.05, 0) is 32.0 Å².